The van der Waals surface area contributed by atoms with Crippen LogP contribution in [0, 0.1) is 5.92 Å². The first-order chi connectivity index (χ1) is 10.6. The van der Waals surface area contributed by atoms with Crippen molar-refractivity contribution in [2.75, 3.05) is 19.6 Å². The Morgan fingerprint density at radius 2 is 1.87 bits per heavy atom. The average Bonchev–Trinajstić information content (AvgIpc) is 2.49. The number of piperidine rings is 1. The molecule has 2 rings (SSSR count). The monoisotopic (exact) mass is 430 g/mol. The summed E-state index contributed by atoms with van der Waals surface area (Å²) in [5.41, 5.74) is 7.30. The summed E-state index contributed by atoms with van der Waals surface area (Å²) >= 11 is 0. The first-order valence-corrected chi connectivity index (χ1v) is 8.41. The van der Waals surface area contributed by atoms with E-state index in [1.165, 1.54) is 18.4 Å². The van der Waals surface area contributed by atoms with Gasteiger partial charge in [0.1, 0.15) is 0 Å². The summed E-state index contributed by atoms with van der Waals surface area (Å²) < 4.78 is 0. The lowest BCUT2D eigenvalue weighted by molar-refractivity contribution is 0.141. The molecule has 1 aliphatic rings. The van der Waals surface area contributed by atoms with Crippen molar-refractivity contribution in [2.24, 2.45) is 16.6 Å². The van der Waals surface area contributed by atoms with Crippen LogP contribution in [0.5, 0.6) is 0 Å². The molecule has 0 bridgehead atoms. The van der Waals surface area contributed by atoms with Gasteiger partial charge in [0, 0.05) is 6.04 Å². The molecular weight excluding hydrogens is 399 g/mol. The van der Waals surface area contributed by atoms with Crippen LogP contribution in [0.1, 0.15) is 45.2 Å². The van der Waals surface area contributed by atoms with Gasteiger partial charge in [0.15, 0.2) is 5.96 Å². The summed E-state index contributed by atoms with van der Waals surface area (Å²) in [7, 11) is 0. The van der Waals surface area contributed by atoms with Crippen molar-refractivity contribution < 1.29 is 0 Å². The number of nitrogens with zero attached hydrogens (tertiary/aromatic N) is 2. The number of nitrogens with one attached hydrogen (secondary N) is 1. The minimum atomic E-state index is 0. The molecule has 0 aliphatic carbocycles. The van der Waals surface area contributed by atoms with Gasteiger partial charge in [-0.1, -0.05) is 37.3 Å². The lowest BCUT2D eigenvalue weighted by atomic mass is 9.96. The maximum atomic E-state index is 5.97. The number of halogens is 1. The highest BCUT2D eigenvalue weighted by Crippen LogP contribution is 2.26. The Kier molecular flexibility index (Phi) is 8.91. The van der Waals surface area contributed by atoms with Crippen LogP contribution in [-0.2, 0) is 0 Å². The van der Waals surface area contributed by atoms with Gasteiger partial charge >= 0.3 is 0 Å². The van der Waals surface area contributed by atoms with Crippen LogP contribution in [-0.4, -0.2) is 36.5 Å². The molecule has 1 saturated heterocycles. The molecule has 1 fully saturated rings. The molecule has 3 N–H and O–H groups in total. The van der Waals surface area contributed by atoms with Crippen LogP contribution in [0.15, 0.2) is 35.3 Å². The number of rotatable bonds is 5. The molecule has 1 unspecified atom stereocenters. The standard InChI is InChI=1S/C18H30N4.HI/c1-14(2)21-18(19)20-13-17(16-7-5-4-6-8-16)22-11-9-15(3)10-12-22;/h4-8,14-15,17H,9-13H2,1-3H3,(H3,19,20,21);1H. The fourth-order valence-electron chi connectivity index (χ4n) is 2.97. The number of aliphatic imine (C=N–C) groups is 1. The molecule has 1 aromatic carbocycles. The van der Waals surface area contributed by atoms with E-state index in [1.807, 2.05) is 0 Å². The Bertz CT molecular complexity index is 467. The van der Waals surface area contributed by atoms with Gasteiger partial charge in [-0.05, 0) is 51.3 Å². The Morgan fingerprint density at radius 3 is 2.43 bits per heavy atom. The van der Waals surface area contributed by atoms with Crippen LogP contribution in [0.3, 0.4) is 0 Å². The zero-order valence-electron chi connectivity index (χ0n) is 14.5. The van der Waals surface area contributed by atoms with E-state index in [1.54, 1.807) is 0 Å². The van der Waals surface area contributed by atoms with E-state index in [4.69, 9.17) is 5.73 Å². The lowest BCUT2D eigenvalue weighted by Crippen LogP contribution is -2.40. The Labute approximate surface area is 157 Å². The summed E-state index contributed by atoms with van der Waals surface area (Å²) in [6.45, 7) is 9.50. The molecule has 1 atom stereocenters. The van der Waals surface area contributed by atoms with Crippen molar-refractivity contribution in [3.8, 4) is 0 Å². The molecule has 0 amide bonds. The molecule has 130 valence electrons. The van der Waals surface area contributed by atoms with Gasteiger partial charge in [0.2, 0.25) is 0 Å². The maximum Gasteiger partial charge on any atom is 0.188 e. The molecule has 0 aromatic heterocycles. The molecule has 4 nitrogen and oxygen atoms in total. The van der Waals surface area contributed by atoms with E-state index in [0.717, 1.165) is 19.0 Å². The number of hydrogen-bond donors (Lipinski definition) is 2. The zero-order valence-corrected chi connectivity index (χ0v) is 16.9. The SMILES string of the molecule is CC1CCN(C(CN=C(N)NC(C)C)c2ccccc2)CC1.I. The highest BCUT2D eigenvalue weighted by Gasteiger charge is 2.24. The number of hydrogen-bond acceptors (Lipinski definition) is 2. The smallest absolute Gasteiger partial charge is 0.188 e. The highest BCUT2D eigenvalue weighted by atomic mass is 127. The van der Waals surface area contributed by atoms with E-state index in [2.05, 4.69) is 66.3 Å². The second kappa shape index (κ2) is 10.1. The van der Waals surface area contributed by atoms with Gasteiger partial charge in [-0.3, -0.25) is 9.89 Å². The van der Waals surface area contributed by atoms with Gasteiger partial charge in [-0.15, -0.1) is 24.0 Å². The largest absolute Gasteiger partial charge is 0.370 e. The minimum absolute atomic E-state index is 0. The van der Waals surface area contributed by atoms with Crippen molar-refractivity contribution in [2.45, 2.75) is 45.7 Å². The minimum Gasteiger partial charge on any atom is -0.370 e. The molecule has 0 spiro atoms. The molecule has 5 heteroatoms. The molecule has 1 heterocycles. The Balaban J connectivity index is 0.00000264. The van der Waals surface area contributed by atoms with Crippen molar-refractivity contribution in [3.63, 3.8) is 0 Å². The van der Waals surface area contributed by atoms with Crippen molar-refractivity contribution >= 4 is 29.9 Å². The summed E-state index contributed by atoms with van der Waals surface area (Å²) in [4.78, 5) is 7.13. The second-order valence-electron chi connectivity index (χ2n) is 6.67. The van der Waals surface area contributed by atoms with Gasteiger partial charge in [-0.25, -0.2) is 0 Å². The van der Waals surface area contributed by atoms with E-state index in [0.29, 0.717) is 24.6 Å². The summed E-state index contributed by atoms with van der Waals surface area (Å²) in [5.74, 6) is 1.38. The third kappa shape index (κ3) is 6.67. The van der Waals surface area contributed by atoms with Gasteiger partial charge in [0.05, 0.1) is 12.6 Å². The second-order valence-corrected chi connectivity index (χ2v) is 6.67. The quantitative estimate of drug-likeness (QED) is 0.428. The van der Waals surface area contributed by atoms with Crippen LogP contribution >= 0.6 is 24.0 Å². The number of benzene rings is 1. The molecular formula is C18H31IN4. The predicted octanol–water partition coefficient (Wildman–Crippen LogP) is 3.39. The average molecular weight is 430 g/mol. The molecule has 0 saturated carbocycles. The zero-order chi connectivity index (χ0) is 15.9. The number of nitrogens with two attached hydrogens (primary N) is 1. The number of guanidine groups is 1. The first-order valence-electron chi connectivity index (χ1n) is 8.41. The van der Waals surface area contributed by atoms with Gasteiger partial charge < -0.3 is 11.1 Å². The van der Waals surface area contributed by atoms with E-state index in [-0.39, 0.29) is 24.0 Å². The van der Waals surface area contributed by atoms with Crippen LogP contribution < -0.4 is 11.1 Å². The molecule has 0 radical (unpaired) electrons. The molecule has 23 heavy (non-hydrogen) atoms. The topological polar surface area (TPSA) is 53.6 Å². The summed E-state index contributed by atoms with van der Waals surface area (Å²) in [5, 5.41) is 3.17. The Morgan fingerprint density at radius 1 is 1.26 bits per heavy atom. The third-order valence-electron chi connectivity index (χ3n) is 4.31. The molecule has 1 aromatic rings. The fraction of sp³-hybridized carbons (Fsp3) is 0.611. The van der Waals surface area contributed by atoms with Crippen molar-refractivity contribution in [3.05, 3.63) is 35.9 Å². The summed E-state index contributed by atoms with van der Waals surface area (Å²) in [6.07, 6.45) is 2.54. The number of likely N-dealkylation sites (tertiary alicyclic amines) is 1. The van der Waals surface area contributed by atoms with Crippen LogP contribution in [0.4, 0.5) is 0 Å². The highest BCUT2D eigenvalue weighted by molar-refractivity contribution is 14.0. The van der Waals surface area contributed by atoms with Crippen molar-refractivity contribution in [1.29, 1.82) is 0 Å². The van der Waals surface area contributed by atoms with Crippen LogP contribution in [0.25, 0.3) is 0 Å². The Hall–Kier alpha value is -0.820. The van der Waals surface area contributed by atoms with Crippen molar-refractivity contribution in [1.82, 2.24) is 10.2 Å². The third-order valence-corrected chi connectivity index (χ3v) is 4.31. The van der Waals surface area contributed by atoms with Gasteiger partial charge in [-0.2, -0.15) is 0 Å². The normalized spacial score (nSPS) is 18.5. The van der Waals surface area contributed by atoms with E-state index in [9.17, 15) is 0 Å². The first kappa shape index (κ1) is 20.2. The predicted molar refractivity (Wildman–Crippen MR) is 109 cm³/mol. The summed E-state index contributed by atoms with van der Waals surface area (Å²) in [6, 6.07) is 11.3. The van der Waals surface area contributed by atoms with Crippen LogP contribution in [0.2, 0.25) is 0 Å². The maximum absolute atomic E-state index is 5.97. The molecule has 1 aliphatic heterocycles. The van der Waals surface area contributed by atoms with Gasteiger partial charge in [0.25, 0.3) is 0 Å². The van der Waals surface area contributed by atoms with E-state index >= 15 is 0 Å². The van der Waals surface area contributed by atoms with E-state index < -0.39 is 0 Å². The lowest BCUT2D eigenvalue weighted by Gasteiger charge is -2.36. The fourth-order valence-corrected chi connectivity index (χ4v) is 2.97.